The molecule has 0 radical (unpaired) electrons. The zero-order chi connectivity index (χ0) is 19.5. The third kappa shape index (κ3) is 3.72. The summed E-state index contributed by atoms with van der Waals surface area (Å²) >= 11 is 3.18. The van der Waals surface area contributed by atoms with Crippen molar-refractivity contribution in [3.63, 3.8) is 0 Å². The van der Waals surface area contributed by atoms with Gasteiger partial charge >= 0.3 is 0 Å². The van der Waals surface area contributed by atoms with Crippen LogP contribution in [-0.2, 0) is 13.1 Å². The minimum absolute atomic E-state index is 0.153. The molecule has 0 fully saturated rings. The maximum absolute atomic E-state index is 12.8. The molecule has 4 rings (SSSR count). The van der Waals surface area contributed by atoms with E-state index < -0.39 is 0 Å². The standard InChI is InChI=1S/C20H15BrN4O3/c21-18-9-8-17(28-18)19(26)23-11-16-14-6-1-2-7-15(14)20(27)25(24-16)12-13-5-3-4-10-22-13/h1-10H,11-12H2,(H,23,26). The first-order valence-electron chi connectivity index (χ1n) is 8.54. The van der Waals surface area contributed by atoms with Gasteiger partial charge < -0.3 is 9.73 Å². The van der Waals surface area contributed by atoms with Gasteiger partial charge in [0.1, 0.15) is 0 Å². The first kappa shape index (κ1) is 18.1. The van der Waals surface area contributed by atoms with E-state index in [9.17, 15) is 9.59 Å². The molecule has 7 nitrogen and oxygen atoms in total. The predicted octanol–water partition coefficient (Wildman–Crippen LogP) is 3.13. The molecule has 8 heteroatoms. The van der Waals surface area contributed by atoms with Gasteiger partial charge in [0.25, 0.3) is 11.5 Å². The summed E-state index contributed by atoms with van der Waals surface area (Å²) < 4.78 is 7.11. The van der Waals surface area contributed by atoms with Crippen LogP contribution >= 0.6 is 15.9 Å². The van der Waals surface area contributed by atoms with Gasteiger partial charge in [0, 0.05) is 11.6 Å². The maximum Gasteiger partial charge on any atom is 0.287 e. The van der Waals surface area contributed by atoms with E-state index in [4.69, 9.17) is 4.42 Å². The van der Waals surface area contributed by atoms with Crippen molar-refractivity contribution in [2.75, 3.05) is 0 Å². The molecule has 0 aliphatic heterocycles. The Bertz CT molecular complexity index is 1200. The van der Waals surface area contributed by atoms with Crippen molar-refractivity contribution in [2.24, 2.45) is 0 Å². The number of amides is 1. The molecule has 0 unspecified atom stereocenters. The Labute approximate surface area is 168 Å². The topological polar surface area (TPSA) is 90.0 Å². The number of aromatic nitrogens is 3. The summed E-state index contributed by atoms with van der Waals surface area (Å²) in [5.74, 6) is -0.169. The molecule has 4 aromatic rings. The van der Waals surface area contributed by atoms with Crippen LogP contribution in [0.4, 0.5) is 0 Å². The summed E-state index contributed by atoms with van der Waals surface area (Å²) in [5, 5.41) is 8.50. The van der Waals surface area contributed by atoms with E-state index in [0.717, 1.165) is 5.69 Å². The van der Waals surface area contributed by atoms with Gasteiger partial charge in [-0.15, -0.1) is 0 Å². The third-order valence-corrected chi connectivity index (χ3v) is 4.62. The van der Waals surface area contributed by atoms with Crippen LogP contribution in [0, 0.1) is 0 Å². The van der Waals surface area contributed by atoms with Crippen LogP contribution < -0.4 is 10.9 Å². The molecular formula is C20H15BrN4O3. The van der Waals surface area contributed by atoms with Gasteiger partial charge in [-0.25, -0.2) is 4.68 Å². The molecule has 1 amide bonds. The zero-order valence-corrected chi connectivity index (χ0v) is 16.2. The number of pyridine rings is 1. The average Bonchev–Trinajstić information content (AvgIpc) is 3.16. The summed E-state index contributed by atoms with van der Waals surface area (Å²) in [6.07, 6.45) is 1.67. The Balaban J connectivity index is 1.67. The van der Waals surface area contributed by atoms with Crippen LogP contribution in [0.5, 0.6) is 0 Å². The SMILES string of the molecule is O=C(NCc1nn(Cc2ccccn2)c(=O)c2ccccc12)c1ccc(Br)o1. The number of carbonyl (C=O) groups excluding carboxylic acids is 1. The molecule has 0 atom stereocenters. The lowest BCUT2D eigenvalue weighted by Gasteiger charge is -2.11. The zero-order valence-electron chi connectivity index (χ0n) is 14.6. The Morgan fingerprint density at radius 2 is 1.86 bits per heavy atom. The van der Waals surface area contributed by atoms with Crippen LogP contribution in [0.15, 0.2) is 74.7 Å². The van der Waals surface area contributed by atoms with E-state index in [0.29, 0.717) is 21.1 Å². The van der Waals surface area contributed by atoms with E-state index in [-0.39, 0.29) is 30.3 Å². The number of fused-ring (bicyclic) bond motifs is 1. The number of halogens is 1. The second kappa shape index (κ2) is 7.77. The third-order valence-electron chi connectivity index (χ3n) is 4.20. The van der Waals surface area contributed by atoms with Crippen LogP contribution in [0.25, 0.3) is 10.8 Å². The van der Waals surface area contributed by atoms with Crippen molar-refractivity contribution in [1.29, 1.82) is 0 Å². The largest absolute Gasteiger partial charge is 0.444 e. The van der Waals surface area contributed by atoms with E-state index in [1.165, 1.54) is 4.68 Å². The summed E-state index contributed by atoms with van der Waals surface area (Å²) in [6.45, 7) is 0.400. The number of nitrogens with zero attached hydrogens (tertiary/aromatic N) is 3. The first-order valence-corrected chi connectivity index (χ1v) is 9.33. The molecule has 140 valence electrons. The number of hydrogen-bond donors (Lipinski definition) is 1. The molecule has 0 bridgehead atoms. The van der Waals surface area contributed by atoms with Crippen molar-refractivity contribution >= 4 is 32.6 Å². The molecular weight excluding hydrogens is 424 g/mol. The van der Waals surface area contributed by atoms with E-state index >= 15 is 0 Å². The number of carbonyl (C=O) groups is 1. The average molecular weight is 439 g/mol. The number of hydrogen-bond acceptors (Lipinski definition) is 5. The van der Waals surface area contributed by atoms with Crippen molar-refractivity contribution in [3.05, 3.63) is 93.0 Å². The predicted molar refractivity (Wildman–Crippen MR) is 107 cm³/mol. The van der Waals surface area contributed by atoms with Gasteiger partial charge in [-0.2, -0.15) is 5.10 Å². The fourth-order valence-electron chi connectivity index (χ4n) is 2.88. The number of furan rings is 1. The Hall–Kier alpha value is -3.26. The van der Waals surface area contributed by atoms with Gasteiger partial charge in [-0.1, -0.05) is 24.3 Å². The normalized spacial score (nSPS) is 10.9. The smallest absolute Gasteiger partial charge is 0.287 e. The lowest BCUT2D eigenvalue weighted by molar-refractivity contribution is 0.0921. The summed E-state index contributed by atoms with van der Waals surface area (Å²) in [7, 11) is 0. The summed E-state index contributed by atoms with van der Waals surface area (Å²) in [6, 6.07) is 15.9. The highest BCUT2D eigenvalue weighted by molar-refractivity contribution is 9.10. The molecule has 1 aromatic carbocycles. The van der Waals surface area contributed by atoms with Gasteiger partial charge in [0.2, 0.25) is 0 Å². The Kier molecular flexibility index (Phi) is 5.03. The van der Waals surface area contributed by atoms with Crippen LogP contribution in [0.2, 0.25) is 0 Å². The molecule has 1 N–H and O–H groups in total. The molecule has 0 aliphatic carbocycles. The fourth-order valence-corrected chi connectivity index (χ4v) is 3.18. The number of rotatable bonds is 5. The number of benzene rings is 1. The van der Waals surface area contributed by atoms with E-state index in [1.54, 1.807) is 30.5 Å². The molecule has 0 saturated heterocycles. The summed E-state index contributed by atoms with van der Waals surface area (Å²) in [4.78, 5) is 29.3. The lowest BCUT2D eigenvalue weighted by Crippen LogP contribution is -2.29. The highest BCUT2D eigenvalue weighted by Crippen LogP contribution is 2.16. The van der Waals surface area contributed by atoms with Crippen molar-refractivity contribution < 1.29 is 9.21 Å². The molecule has 0 saturated carbocycles. The van der Waals surface area contributed by atoms with Crippen LogP contribution in [0.1, 0.15) is 21.9 Å². The van der Waals surface area contributed by atoms with Gasteiger partial charge in [-0.3, -0.25) is 14.6 Å². The van der Waals surface area contributed by atoms with Crippen molar-refractivity contribution in [3.8, 4) is 0 Å². The fraction of sp³-hybridized carbons (Fsp3) is 0.100. The minimum Gasteiger partial charge on any atom is -0.444 e. The lowest BCUT2D eigenvalue weighted by atomic mass is 10.1. The van der Waals surface area contributed by atoms with Gasteiger partial charge in [0.05, 0.1) is 29.9 Å². The van der Waals surface area contributed by atoms with Crippen LogP contribution in [-0.4, -0.2) is 20.7 Å². The second-order valence-electron chi connectivity index (χ2n) is 6.06. The highest BCUT2D eigenvalue weighted by atomic mass is 79.9. The molecule has 3 aromatic heterocycles. The second-order valence-corrected chi connectivity index (χ2v) is 6.84. The molecule has 28 heavy (non-hydrogen) atoms. The van der Waals surface area contributed by atoms with Gasteiger partial charge in [-0.05, 0) is 46.3 Å². The van der Waals surface area contributed by atoms with E-state index in [1.807, 2.05) is 30.3 Å². The number of nitrogens with one attached hydrogen (secondary N) is 1. The maximum atomic E-state index is 12.8. The Morgan fingerprint density at radius 3 is 2.57 bits per heavy atom. The van der Waals surface area contributed by atoms with Crippen molar-refractivity contribution in [2.45, 2.75) is 13.1 Å². The summed E-state index contributed by atoms with van der Waals surface area (Å²) in [5.41, 5.74) is 1.11. The quantitative estimate of drug-likeness (QED) is 0.516. The van der Waals surface area contributed by atoms with E-state index in [2.05, 4.69) is 31.3 Å². The first-order chi connectivity index (χ1) is 13.6. The van der Waals surface area contributed by atoms with Gasteiger partial charge in [0.15, 0.2) is 10.4 Å². The highest BCUT2D eigenvalue weighted by Gasteiger charge is 2.14. The minimum atomic E-state index is -0.362. The molecule has 3 heterocycles. The Morgan fingerprint density at radius 1 is 1.07 bits per heavy atom. The molecule has 0 spiro atoms. The van der Waals surface area contributed by atoms with Crippen molar-refractivity contribution in [1.82, 2.24) is 20.1 Å². The van der Waals surface area contributed by atoms with Crippen LogP contribution in [0.3, 0.4) is 0 Å². The molecule has 0 aliphatic rings. The monoisotopic (exact) mass is 438 g/mol.